The highest BCUT2D eigenvalue weighted by molar-refractivity contribution is 9.10. The molecular formula is C21H17BrN3O2+. The van der Waals surface area contributed by atoms with Gasteiger partial charge in [0, 0.05) is 40.4 Å². The second-order valence-corrected chi connectivity index (χ2v) is 8.46. The number of aliphatic hydroxyl groups excluding tert-OH is 1. The average Bonchev–Trinajstić information content (AvgIpc) is 2.59. The molecule has 2 aromatic rings. The van der Waals surface area contributed by atoms with Gasteiger partial charge in [0.25, 0.3) is 0 Å². The number of aliphatic hydroxyl groups is 1. The van der Waals surface area contributed by atoms with Crippen molar-refractivity contribution in [2.45, 2.75) is 0 Å². The number of hydrogen-bond donors (Lipinski definition) is 1. The van der Waals surface area contributed by atoms with E-state index in [0.29, 0.717) is 16.8 Å². The summed E-state index contributed by atoms with van der Waals surface area (Å²) in [6, 6.07) is 7.71. The van der Waals surface area contributed by atoms with Crippen LogP contribution >= 0.6 is 15.9 Å². The predicted octanol–water partition coefficient (Wildman–Crippen LogP) is 4.39. The van der Waals surface area contributed by atoms with Gasteiger partial charge in [-0.2, -0.15) is 0 Å². The number of aryl methyl sites for hydroxylation is 1. The normalized spacial score (nSPS) is 15.5. The molecule has 0 spiro atoms. The molecule has 0 bridgehead atoms. The number of halogens is 1. The van der Waals surface area contributed by atoms with Crippen molar-refractivity contribution in [1.82, 2.24) is 14.0 Å². The van der Waals surface area contributed by atoms with E-state index in [1.165, 1.54) is 0 Å². The van der Waals surface area contributed by atoms with E-state index in [2.05, 4.69) is 15.9 Å². The molecule has 2 aliphatic heterocycles. The lowest BCUT2D eigenvalue weighted by molar-refractivity contribution is 0.470. The third kappa shape index (κ3) is 2.14. The highest BCUT2D eigenvalue weighted by Gasteiger charge is 2.36. The van der Waals surface area contributed by atoms with Gasteiger partial charge in [-0.05, 0) is 18.2 Å². The molecule has 5 nitrogen and oxygen atoms in total. The second kappa shape index (κ2) is 5.18. The number of benzene rings is 2. The van der Waals surface area contributed by atoms with Crippen LogP contribution in [0.3, 0.4) is 0 Å². The molecule has 27 heavy (non-hydrogen) atoms. The van der Waals surface area contributed by atoms with Gasteiger partial charge < -0.3 is 9.67 Å². The van der Waals surface area contributed by atoms with Gasteiger partial charge in [0.1, 0.15) is 6.20 Å². The van der Waals surface area contributed by atoms with E-state index in [0.717, 1.165) is 31.8 Å². The first-order chi connectivity index (χ1) is 12.8. The van der Waals surface area contributed by atoms with Crippen LogP contribution in [0.1, 0.15) is 5.56 Å². The molecule has 1 N–H and O–H groups in total. The van der Waals surface area contributed by atoms with E-state index in [-0.39, 0.29) is 15.7 Å². The quantitative estimate of drug-likeness (QED) is 0.259. The molecule has 0 unspecified atom stereocenters. The Morgan fingerprint density at radius 2 is 1.96 bits per heavy atom. The van der Waals surface area contributed by atoms with Gasteiger partial charge in [0.15, 0.2) is 11.4 Å². The number of nitrogens with zero attached hydrogens (tertiary/aromatic N) is 3. The van der Waals surface area contributed by atoms with Crippen LogP contribution in [0.25, 0.3) is 38.7 Å². The third-order valence-corrected chi connectivity index (χ3v) is 5.77. The number of hydrogen-bond acceptors (Lipinski definition) is 3. The lowest BCUT2D eigenvalue weighted by atomic mass is 9.90. The first-order valence-electron chi connectivity index (χ1n) is 8.59. The summed E-state index contributed by atoms with van der Waals surface area (Å²) in [6.07, 6.45) is 5.47. The number of fused-ring (bicyclic) bond motifs is 4. The lowest BCUT2D eigenvalue weighted by Crippen LogP contribution is -2.41. The zero-order chi connectivity index (χ0) is 19.1. The van der Waals surface area contributed by atoms with Crippen LogP contribution in [0, 0.1) is 0 Å². The standard InChI is InChI=1S/C21H16BrN3O2/c1-24-7-6-12-14(9-24)21(27)20-18-17(16(26)10-25(20,2)3)13-5-4-11(22)8-15(13)23-19(12)18/h4-10H,1-3H3/p+1. The molecule has 1 aromatic heterocycles. The monoisotopic (exact) mass is 422 g/mol. The van der Waals surface area contributed by atoms with Gasteiger partial charge in [-0.15, -0.1) is 0 Å². The van der Waals surface area contributed by atoms with E-state index in [9.17, 15) is 9.90 Å². The summed E-state index contributed by atoms with van der Waals surface area (Å²) in [5.74, 6) is 0.174. The van der Waals surface area contributed by atoms with Crippen LogP contribution in [-0.4, -0.2) is 28.8 Å². The molecule has 3 aliphatic rings. The maximum atomic E-state index is 13.4. The molecular weight excluding hydrogens is 406 g/mol. The molecule has 0 saturated carbocycles. The average molecular weight is 423 g/mol. The minimum atomic E-state index is -0.0260. The zero-order valence-corrected chi connectivity index (χ0v) is 16.7. The van der Waals surface area contributed by atoms with Crippen LogP contribution in [-0.2, 0) is 7.05 Å². The Balaban J connectivity index is 2.17. The first kappa shape index (κ1) is 16.5. The van der Waals surface area contributed by atoms with Crippen LogP contribution in [0.5, 0.6) is 0 Å². The molecule has 5 rings (SSSR count). The summed E-state index contributed by atoms with van der Waals surface area (Å²) in [4.78, 5) is 18.4. The van der Waals surface area contributed by atoms with Crippen LogP contribution < -0.4 is 9.91 Å². The fraction of sp³-hybridized carbons (Fsp3) is 0.143. The number of quaternary nitrogens is 1. The van der Waals surface area contributed by atoms with Crippen molar-refractivity contribution >= 4 is 49.2 Å². The predicted molar refractivity (Wildman–Crippen MR) is 113 cm³/mol. The summed E-state index contributed by atoms with van der Waals surface area (Å²) in [6.45, 7) is 0. The van der Waals surface area contributed by atoms with Crippen molar-refractivity contribution < 1.29 is 5.11 Å². The minimum Gasteiger partial charge on any atom is -0.503 e. The van der Waals surface area contributed by atoms with Crippen molar-refractivity contribution in [3.8, 4) is 11.1 Å². The SMILES string of the molecule is Cn1ccc2c3nc4cc(Br)ccc4c4c3c(c(=O)c-2c1)[N+](C)(C)C=C4O. The zero-order valence-electron chi connectivity index (χ0n) is 15.1. The topological polar surface area (TPSA) is 55.1 Å². The molecule has 6 heteroatoms. The Morgan fingerprint density at radius 3 is 2.74 bits per heavy atom. The van der Waals surface area contributed by atoms with Crippen molar-refractivity contribution in [3.05, 3.63) is 63.1 Å². The molecule has 0 saturated heterocycles. The number of rotatable bonds is 0. The third-order valence-electron chi connectivity index (χ3n) is 5.28. The molecule has 3 heterocycles. The van der Waals surface area contributed by atoms with Crippen molar-refractivity contribution in [1.29, 1.82) is 0 Å². The fourth-order valence-electron chi connectivity index (χ4n) is 4.14. The van der Waals surface area contributed by atoms with E-state index >= 15 is 0 Å². The van der Waals surface area contributed by atoms with Crippen molar-refractivity contribution in [2.24, 2.45) is 7.05 Å². The van der Waals surface area contributed by atoms with Crippen molar-refractivity contribution in [2.75, 3.05) is 14.1 Å². The van der Waals surface area contributed by atoms with E-state index < -0.39 is 0 Å². The molecule has 0 radical (unpaired) electrons. The molecule has 0 atom stereocenters. The van der Waals surface area contributed by atoms with Crippen LogP contribution in [0.2, 0.25) is 0 Å². The molecule has 0 amide bonds. The Bertz CT molecular complexity index is 1350. The van der Waals surface area contributed by atoms with Gasteiger partial charge in [-0.1, -0.05) is 22.0 Å². The molecule has 1 aliphatic carbocycles. The largest absolute Gasteiger partial charge is 0.503 e. The van der Waals surface area contributed by atoms with Crippen LogP contribution in [0.4, 0.5) is 5.69 Å². The summed E-state index contributed by atoms with van der Waals surface area (Å²) in [5, 5.41) is 12.5. The minimum absolute atomic E-state index is 0.0260. The summed E-state index contributed by atoms with van der Waals surface area (Å²) < 4.78 is 2.96. The van der Waals surface area contributed by atoms with Gasteiger partial charge in [-0.3, -0.25) is 9.28 Å². The van der Waals surface area contributed by atoms with E-state index in [4.69, 9.17) is 4.98 Å². The van der Waals surface area contributed by atoms with Crippen LogP contribution in [0.15, 0.2) is 52.1 Å². The molecule has 0 fully saturated rings. The Labute approximate surface area is 163 Å². The van der Waals surface area contributed by atoms with E-state index in [1.807, 2.05) is 62.4 Å². The second-order valence-electron chi connectivity index (χ2n) is 7.54. The van der Waals surface area contributed by atoms with E-state index in [1.54, 1.807) is 6.20 Å². The lowest BCUT2D eigenvalue weighted by Gasteiger charge is -2.31. The Kier molecular flexibility index (Phi) is 3.16. The summed E-state index contributed by atoms with van der Waals surface area (Å²) in [5.41, 5.74) is 4.24. The smallest absolute Gasteiger partial charge is 0.249 e. The highest BCUT2D eigenvalue weighted by atomic mass is 79.9. The summed E-state index contributed by atoms with van der Waals surface area (Å²) in [7, 11) is 5.70. The molecule has 134 valence electrons. The summed E-state index contributed by atoms with van der Waals surface area (Å²) >= 11 is 3.50. The fourth-order valence-corrected chi connectivity index (χ4v) is 4.49. The maximum absolute atomic E-state index is 13.4. The Morgan fingerprint density at radius 1 is 1.19 bits per heavy atom. The highest BCUT2D eigenvalue weighted by Crippen LogP contribution is 2.44. The van der Waals surface area contributed by atoms with Crippen molar-refractivity contribution in [3.63, 3.8) is 0 Å². The number of aromatic nitrogens is 2. The molecule has 1 aromatic carbocycles. The van der Waals surface area contributed by atoms with Gasteiger partial charge >= 0.3 is 0 Å². The van der Waals surface area contributed by atoms with Gasteiger partial charge in [-0.25, -0.2) is 4.98 Å². The van der Waals surface area contributed by atoms with Gasteiger partial charge in [0.2, 0.25) is 5.43 Å². The Hall–Kier alpha value is -2.70. The maximum Gasteiger partial charge on any atom is 0.249 e. The first-order valence-corrected chi connectivity index (χ1v) is 9.38. The van der Waals surface area contributed by atoms with Gasteiger partial charge in [0.05, 0.1) is 36.1 Å². The number of pyridine rings is 2.